The second-order valence-corrected chi connectivity index (χ2v) is 8.12. The molecule has 1 heterocycles. The molecule has 1 aromatic rings. The van der Waals surface area contributed by atoms with Gasteiger partial charge in [0, 0.05) is 19.6 Å². The number of Topliss-reactive ketones (excluding diaryl/α,β-unsaturated/α-hetero) is 1. The molecule has 0 N–H and O–H groups in total. The minimum atomic E-state index is -1.28. The Bertz CT molecular complexity index is 793. The zero-order chi connectivity index (χ0) is 26.2. The van der Waals surface area contributed by atoms with Gasteiger partial charge in [-0.1, -0.05) is 62.6 Å². The van der Waals surface area contributed by atoms with Crippen LogP contribution >= 0.6 is 0 Å². The number of ketones is 1. The summed E-state index contributed by atoms with van der Waals surface area (Å²) in [5.41, 5.74) is 0.434. The van der Waals surface area contributed by atoms with Crippen LogP contribution in [0.2, 0.25) is 0 Å². The van der Waals surface area contributed by atoms with Gasteiger partial charge in [0.1, 0.15) is 5.76 Å². The smallest absolute Gasteiger partial charge is 0.198 e. The Kier molecular flexibility index (Phi) is 21.3. The predicted octanol–water partition coefficient (Wildman–Crippen LogP) is 7.25. The Balaban J connectivity index is 0.00000209. The van der Waals surface area contributed by atoms with Crippen LogP contribution < -0.4 is 5.11 Å². The van der Waals surface area contributed by atoms with Gasteiger partial charge in [0.15, 0.2) is 11.5 Å². The first-order valence-corrected chi connectivity index (χ1v) is 13.0. The van der Waals surface area contributed by atoms with E-state index in [0.29, 0.717) is 17.8 Å². The molecule has 0 saturated heterocycles. The molecule has 1 aromatic heterocycles. The Morgan fingerprint density at radius 2 is 1.40 bits per heavy atom. The molecule has 0 aliphatic carbocycles. The molecule has 1 rings (SSSR count). The molecule has 0 aliphatic heterocycles. The largest absolute Gasteiger partial charge is 0.545 e. The molecule has 0 fully saturated rings. The lowest BCUT2D eigenvalue weighted by atomic mass is 10.1. The van der Waals surface area contributed by atoms with Crippen molar-refractivity contribution in [2.75, 3.05) is 13.2 Å². The van der Waals surface area contributed by atoms with E-state index in [-0.39, 0.29) is 11.5 Å². The molecule has 0 radical (unpaired) electrons. The van der Waals surface area contributed by atoms with Gasteiger partial charge in [0.05, 0.1) is 5.97 Å². The summed E-state index contributed by atoms with van der Waals surface area (Å²) in [6.45, 7) is 9.42. The lowest BCUT2D eigenvalue weighted by Crippen LogP contribution is -2.19. The summed E-state index contributed by atoms with van der Waals surface area (Å²) in [6, 6.07) is 3.22. The molecule has 5 heteroatoms. The van der Waals surface area contributed by atoms with Crippen LogP contribution in [0, 0.1) is 0 Å². The zero-order valence-electron chi connectivity index (χ0n) is 22.2. The second kappa shape index (κ2) is 23.1. The van der Waals surface area contributed by atoms with Crippen LogP contribution in [0.15, 0.2) is 59.1 Å². The maximum atomic E-state index is 12.2. The molecule has 0 aliphatic rings. The number of carbonyl (C=O) groups is 2. The molecule has 5 nitrogen and oxygen atoms in total. The van der Waals surface area contributed by atoms with E-state index in [0.717, 1.165) is 64.2 Å². The molecule has 0 atom stereocenters. The number of unbranched alkanes of at least 4 members (excludes halogenated alkanes) is 5. The van der Waals surface area contributed by atoms with Crippen LogP contribution in [0.3, 0.4) is 0 Å². The van der Waals surface area contributed by atoms with Crippen molar-refractivity contribution in [1.29, 1.82) is 0 Å². The van der Waals surface area contributed by atoms with E-state index >= 15 is 0 Å². The third-order valence-electron chi connectivity index (χ3n) is 5.07. The number of aliphatic carboxylic acids is 1. The van der Waals surface area contributed by atoms with Crippen molar-refractivity contribution in [2.45, 2.75) is 91.9 Å². The average molecular weight is 486 g/mol. The number of hydrogen-bond donors (Lipinski definition) is 0. The number of allylic oxidation sites excluding steroid dienone is 7. The van der Waals surface area contributed by atoms with Gasteiger partial charge >= 0.3 is 0 Å². The van der Waals surface area contributed by atoms with Gasteiger partial charge in [-0.05, 0) is 83.1 Å². The Morgan fingerprint density at radius 3 is 2.00 bits per heavy atom. The number of rotatable bonds is 18. The first-order chi connectivity index (χ1) is 17.0. The molecule has 0 spiro atoms. The van der Waals surface area contributed by atoms with Crippen molar-refractivity contribution in [2.24, 2.45) is 0 Å². The first kappa shape index (κ1) is 32.3. The van der Waals surface area contributed by atoms with Crippen molar-refractivity contribution < 1.29 is 23.8 Å². The lowest BCUT2D eigenvalue weighted by Gasteiger charge is -2.01. The van der Waals surface area contributed by atoms with Gasteiger partial charge in [0.2, 0.25) is 0 Å². The summed E-state index contributed by atoms with van der Waals surface area (Å²) in [6.07, 6.45) is 24.3. The van der Waals surface area contributed by atoms with Crippen LogP contribution in [0.1, 0.15) is 108 Å². The second-order valence-electron chi connectivity index (χ2n) is 8.12. The quantitative estimate of drug-likeness (QED) is 0.0947. The highest BCUT2D eigenvalue weighted by atomic mass is 16.5. The van der Waals surface area contributed by atoms with Crippen molar-refractivity contribution in [3.05, 3.63) is 66.2 Å². The average Bonchev–Trinajstić information content (AvgIpc) is 3.33. The normalized spacial score (nSPS) is 11.9. The number of carbonyl (C=O) groups excluding carboxylic acids is 2. The summed E-state index contributed by atoms with van der Waals surface area (Å²) >= 11 is 0. The number of furan rings is 1. The lowest BCUT2D eigenvalue weighted by molar-refractivity contribution is -0.297. The third-order valence-corrected chi connectivity index (χ3v) is 5.07. The fraction of sp³-hybridized carbons (Fsp3) is 0.533. The number of carboxylic acid groups (broad SMARTS) is 1. The molecule has 0 saturated carbocycles. The maximum absolute atomic E-state index is 12.2. The van der Waals surface area contributed by atoms with Gasteiger partial charge in [-0.25, -0.2) is 0 Å². The van der Waals surface area contributed by atoms with E-state index in [1.807, 2.05) is 13.8 Å². The van der Waals surface area contributed by atoms with E-state index in [9.17, 15) is 14.7 Å². The monoisotopic (exact) mass is 485 g/mol. The van der Waals surface area contributed by atoms with E-state index in [1.165, 1.54) is 12.8 Å². The topological polar surface area (TPSA) is 79.6 Å². The highest BCUT2D eigenvalue weighted by Crippen LogP contribution is 2.19. The molecular formula is C30H45O5-. The third kappa shape index (κ3) is 19.3. The zero-order valence-corrected chi connectivity index (χ0v) is 22.2. The number of ether oxygens (including phenoxy) is 1. The number of hydrogen-bond acceptors (Lipinski definition) is 5. The Labute approximate surface area is 212 Å². The minimum Gasteiger partial charge on any atom is -0.545 e. The van der Waals surface area contributed by atoms with Gasteiger partial charge in [-0.3, -0.25) is 4.79 Å². The van der Waals surface area contributed by atoms with Gasteiger partial charge in [-0.15, -0.1) is 0 Å². The maximum Gasteiger partial charge on any atom is 0.198 e. The Hall–Kier alpha value is -2.66. The van der Waals surface area contributed by atoms with Crippen LogP contribution in [-0.2, 0) is 9.53 Å². The SMILES string of the molecule is CCC=CCC=CCC=CCCCCCCCC(=O)c1ccc(C(C)=CC(=O)[O-])o1.CCOCC. The number of carboxylic acids is 1. The molecular weight excluding hydrogens is 440 g/mol. The van der Waals surface area contributed by atoms with Gasteiger partial charge in [-0.2, -0.15) is 0 Å². The predicted molar refractivity (Wildman–Crippen MR) is 143 cm³/mol. The summed E-state index contributed by atoms with van der Waals surface area (Å²) < 4.78 is 10.3. The summed E-state index contributed by atoms with van der Waals surface area (Å²) in [7, 11) is 0. The van der Waals surface area contributed by atoms with E-state index in [2.05, 4.69) is 43.4 Å². The molecule has 0 aromatic carbocycles. The minimum absolute atomic E-state index is 0.0383. The summed E-state index contributed by atoms with van der Waals surface area (Å²) in [5, 5.41) is 10.6. The highest BCUT2D eigenvalue weighted by Gasteiger charge is 2.11. The van der Waals surface area contributed by atoms with E-state index < -0.39 is 5.97 Å². The van der Waals surface area contributed by atoms with E-state index in [1.54, 1.807) is 19.1 Å². The van der Waals surface area contributed by atoms with Crippen LogP contribution in [0.5, 0.6) is 0 Å². The molecule has 0 bridgehead atoms. The fourth-order valence-corrected chi connectivity index (χ4v) is 3.18. The molecule has 35 heavy (non-hydrogen) atoms. The van der Waals surface area contributed by atoms with Crippen molar-refractivity contribution in [3.63, 3.8) is 0 Å². The summed E-state index contributed by atoms with van der Waals surface area (Å²) in [4.78, 5) is 22.8. The highest BCUT2D eigenvalue weighted by molar-refractivity contribution is 5.94. The van der Waals surface area contributed by atoms with Crippen molar-refractivity contribution in [3.8, 4) is 0 Å². The first-order valence-electron chi connectivity index (χ1n) is 13.0. The van der Waals surface area contributed by atoms with Crippen molar-refractivity contribution >= 4 is 17.3 Å². The fourth-order valence-electron chi connectivity index (χ4n) is 3.18. The molecule has 0 unspecified atom stereocenters. The van der Waals surface area contributed by atoms with Gasteiger partial charge in [0.25, 0.3) is 0 Å². The van der Waals surface area contributed by atoms with Crippen LogP contribution in [0.4, 0.5) is 0 Å². The molecule has 196 valence electrons. The van der Waals surface area contributed by atoms with Crippen LogP contribution in [0.25, 0.3) is 5.57 Å². The molecule has 0 amide bonds. The Morgan fingerprint density at radius 1 is 0.829 bits per heavy atom. The standard InChI is InChI=1S/C26H36O4.C4H10O/c1-3-4-5-6-7-8-9-10-11-12-13-14-15-16-17-18-23(27)25-20-19-24(30-25)22(2)21-26(28)29;1-3-5-4-2/h4-5,7-8,10-11,19-21H,3,6,9,12-18H2,1-2H3,(H,28,29);3-4H2,1-2H3/p-1. The summed E-state index contributed by atoms with van der Waals surface area (Å²) in [5.74, 6) is -0.640. The van der Waals surface area contributed by atoms with Gasteiger partial charge < -0.3 is 19.1 Å². The van der Waals surface area contributed by atoms with Crippen LogP contribution in [-0.4, -0.2) is 25.0 Å². The van der Waals surface area contributed by atoms with Crippen molar-refractivity contribution in [1.82, 2.24) is 0 Å². The van der Waals surface area contributed by atoms with E-state index in [4.69, 9.17) is 9.15 Å².